The summed E-state index contributed by atoms with van der Waals surface area (Å²) in [4.78, 5) is 3.95. The van der Waals surface area contributed by atoms with E-state index in [9.17, 15) is 0 Å². The fourth-order valence-electron chi connectivity index (χ4n) is 1.06. The van der Waals surface area contributed by atoms with E-state index in [1.807, 2.05) is 0 Å². The van der Waals surface area contributed by atoms with Crippen molar-refractivity contribution in [2.24, 2.45) is 7.05 Å². The number of anilines is 1. The molecule has 1 heterocycles. The molecule has 0 saturated carbocycles. The maximum absolute atomic E-state index is 5.60. The topological polar surface area (TPSA) is 66.0 Å². The molecule has 0 atom stereocenters. The summed E-state index contributed by atoms with van der Waals surface area (Å²) in [5.74, 6) is 0.635. The first-order chi connectivity index (χ1) is 7.15. The van der Waals surface area contributed by atoms with Crippen LogP contribution in [-0.2, 0) is 7.05 Å². The number of nitrogen functional groups attached to an aromatic ring is 1. The highest BCUT2D eigenvalue weighted by Crippen LogP contribution is 2.29. The summed E-state index contributed by atoms with van der Waals surface area (Å²) < 4.78 is 7.78. The monoisotopic (exact) mass is 268 g/mol. The van der Waals surface area contributed by atoms with Crippen molar-refractivity contribution in [1.82, 2.24) is 14.8 Å². The zero-order valence-corrected chi connectivity index (χ0v) is 9.60. The van der Waals surface area contributed by atoms with Crippen LogP contribution >= 0.6 is 15.9 Å². The summed E-state index contributed by atoms with van der Waals surface area (Å²) in [6.45, 7) is 0. The molecule has 0 aliphatic carbocycles. The number of nitrogens with zero attached hydrogens (tertiary/aromatic N) is 3. The van der Waals surface area contributed by atoms with Crippen molar-refractivity contribution >= 4 is 21.6 Å². The van der Waals surface area contributed by atoms with Crippen LogP contribution < -0.4 is 10.5 Å². The van der Waals surface area contributed by atoms with Gasteiger partial charge in [-0.3, -0.25) is 4.68 Å². The van der Waals surface area contributed by atoms with Gasteiger partial charge in [0.1, 0.15) is 12.1 Å². The molecule has 2 aromatic rings. The van der Waals surface area contributed by atoms with Gasteiger partial charge in [-0.25, -0.2) is 0 Å². The smallest absolute Gasteiger partial charge is 0.341 e. The van der Waals surface area contributed by atoms with E-state index in [2.05, 4.69) is 26.0 Å². The Bertz CT molecular complexity index is 483. The first-order valence-electron chi connectivity index (χ1n) is 4.23. The fraction of sp³-hybridized carbons (Fsp3) is 0.111. The predicted molar refractivity (Wildman–Crippen MR) is 59.6 cm³/mol. The molecule has 2 N–H and O–H groups in total. The molecule has 0 fully saturated rings. The number of hydrogen-bond donors (Lipinski definition) is 1. The highest BCUT2D eigenvalue weighted by Gasteiger charge is 2.05. The highest BCUT2D eigenvalue weighted by molar-refractivity contribution is 9.10. The maximum Gasteiger partial charge on any atom is 0.341 e. The first kappa shape index (κ1) is 9.97. The number of halogens is 1. The molecule has 0 saturated heterocycles. The van der Waals surface area contributed by atoms with Crippen LogP contribution in [0.1, 0.15) is 0 Å². The SMILES string of the molecule is Cn1cnc(Oc2ccc(N)cc2Br)n1. The first-order valence-corrected chi connectivity index (χ1v) is 5.03. The van der Waals surface area contributed by atoms with Crippen molar-refractivity contribution in [2.45, 2.75) is 0 Å². The molecular weight excluding hydrogens is 260 g/mol. The van der Waals surface area contributed by atoms with Crippen LogP contribution in [0, 0.1) is 0 Å². The van der Waals surface area contributed by atoms with Crippen LogP contribution in [0.25, 0.3) is 0 Å². The maximum atomic E-state index is 5.60. The molecule has 6 heteroatoms. The van der Waals surface area contributed by atoms with Gasteiger partial charge in [-0.05, 0) is 34.1 Å². The normalized spacial score (nSPS) is 10.3. The number of aromatic nitrogens is 3. The number of hydrogen-bond acceptors (Lipinski definition) is 4. The van der Waals surface area contributed by atoms with Gasteiger partial charge in [0, 0.05) is 12.7 Å². The molecule has 1 aromatic heterocycles. The third-order valence-corrected chi connectivity index (χ3v) is 2.36. The Morgan fingerprint density at radius 3 is 2.87 bits per heavy atom. The summed E-state index contributed by atoms with van der Waals surface area (Å²) in [5, 5.41) is 4.00. The lowest BCUT2D eigenvalue weighted by Gasteiger charge is -2.03. The summed E-state index contributed by atoms with van der Waals surface area (Å²) in [7, 11) is 1.78. The van der Waals surface area contributed by atoms with E-state index in [1.165, 1.54) is 0 Å². The van der Waals surface area contributed by atoms with E-state index in [0.29, 0.717) is 17.4 Å². The molecule has 1 aromatic carbocycles. The molecule has 2 rings (SSSR count). The molecule has 0 unspecified atom stereocenters. The Kier molecular flexibility index (Phi) is 2.59. The molecule has 15 heavy (non-hydrogen) atoms. The van der Waals surface area contributed by atoms with Crippen LogP contribution in [0.15, 0.2) is 29.0 Å². The second kappa shape index (κ2) is 3.90. The van der Waals surface area contributed by atoms with Gasteiger partial charge in [-0.1, -0.05) is 0 Å². The Balaban J connectivity index is 2.24. The van der Waals surface area contributed by atoms with E-state index < -0.39 is 0 Å². The van der Waals surface area contributed by atoms with Gasteiger partial charge in [0.2, 0.25) is 0 Å². The third-order valence-electron chi connectivity index (χ3n) is 1.74. The van der Waals surface area contributed by atoms with Crippen LogP contribution in [0.5, 0.6) is 11.8 Å². The van der Waals surface area contributed by atoms with Crippen LogP contribution in [0.2, 0.25) is 0 Å². The summed E-state index contributed by atoms with van der Waals surface area (Å²) >= 11 is 3.34. The molecular formula is C9H9BrN4O. The minimum atomic E-state index is 0.308. The highest BCUT2D eigenvalue weighted by atomic mass is 79.9. The summed E-state index contributed by atoms with van der Waals surface area (Å²) in [6.07, 6.45) is 1.57. The van der Waals surface area contributed by atoms with Gasteiger partial charge in [-0.2, -0.15) is 4.98 Å². The Morgan fingerprint density at radius 2 is 2.27 bits per heavy atom. The third kappa shape index (κ3) is 2.27. The minimum Gasteiger partial charge on any atom is -0.422 e. The lowest BCUT2D eigenvalue weighted by atomic mass is 10.3. The van der Waals surface area contributed by atoms with Crippen molar-refractivity contribution < 1.29 is 4.74 Å². The van der Waals surface area contributed by atoms with E-state index in [1.54, 1.807) is 36.3 Å². The Morgan fingerprint density at radius 1 is 1.47 bits per heavy atom. The van der Waals surface area contributed by atoms with Crippen molar-refractivity contribution in [2.75, 3.05) is 5.73 Å². The number of aryl methyl sites for hydroxylation is 1. The largest absolute Gasteiger partial charge is 0.422 e. The van der Waals surface area contributed by atoms with Gasteiger partial charge in [0.15, 0.2) is 0 Å². The van der Waals surface area contributed by atoms with Gasteiger partial charge >= 0.3 is 6.01 Å². The molecule has 0 aliphatic rings. The zero-order valence-electron chi connectivity index (χ0n) is 8.01. The molecule has 0 radical (unpaired) electrons. The van der Waals surface area contributed by atoms with Gasteiger partial charge < -0.3 is 10.5 Å². The zero-order chi connectivity index (χ0) is 10.8. The quantitative estimate of drug-likeness (QED) is 0.846. The van der Waals surface area contributed by atoms with E-state index in [0.717, 1.165) is 4.47 Å². The standard InChI is InChI=1S/C9H9BrN4O/c1-14-5-12-9(13-14)15-8-3-2-6(11)4-7(8)10/h2-5H,11H2,1H3. The van der Waals surface area contributed by atoms with E-state index in [4.69, 9.17) is 10.5 Å². The van der Waals surface area contributed by atoms with Crippen molar-refractivity contribution in [3.05, 3.63) is 29.0 Å². The van der Waals surface area contributed by atoms with Crippen molar-refractivity contribution in [3.63, 3.8) is 0 Å². The molecule has 0 amide bonds. The van der Waals surface area contributed by atoms with Gasteiger partial charge in [0.25, 0.3) is 0 Å². The number of benzene rings is 1. The average molecular weight is 269 g/mol. The number of nitrogens with two attached hydrogens (primary N) is 1. The molecule has 78 valence electrons. The lowest BCUT2D eigenvalue weighted by Crippen LogP contribution is -1.91. The predicted octanol–water partition coefficient (Wildman–Crippen LogP) is 1.95. The minimum absolute atomic E-state index is 0.308. The molecule has 0 bridgehead atoms. The van der Waals surface area contributed by atoms with E-state index >= 15 is 0 Å². The number of rotatable bonds is 2. The average Bonchev–Trinajstić information content (AvgIpc) is 2.56. The summed E-state index contributed by atoms with van der Waals surface area (Å²) in [5.41, 5.74) is 6.27. The van der Waals surface area contributed by atoms with E-state index in [-0.39, 0.29) is 0 Å². The van der Waals surface area contributed by atoms with Gasteiger partial charge in [0.05, 0.1) is 4.47 Å². The lowest BCUT2D eigenvalue weighted by molar-refractivity contribution is 0.436. The van der Waals surface area contributed by atoms with Crippen LogP contribution in [0.4, 0.5) is 5.69 Å². The second-order valence-electron chi connectivity index (χ2n) is 2.99. The number of ether oxygens (including phenoxy) is 1. The fourth-order valence-corrected chi connectivity index (χ4v) is 1.54. The molecule has 0 spiro atoms. The summed E-state index contributed by atoms with van der Waals surface area (Å²) in [6, 6.07) is 5.58. The van der Waals surface area contributed by atoms with Gasteiger partial charge in [-0.15, -0.1) is 5.10 Å². The molecule has 0 aliphatic heterocycles. The van der Waals surface area contributed by atoms with Crippen LogP contribution in [0.3, 0.4) is 0 Å². The van der Waals surface area contributed by atoms with Crippen LogP contribution in [-0.4, -0.2) is 14.8 Å². The molecule has 5 nitrogen and oxygen atoms in total. The Labute approximate surface area is 95.0 Å². The second-order valence-corrected chi connectivity index (χ2v) is 3.85. The van der Waals surface area contributed by atoms with Crippen molar-refractivity contribution in [1.29, 1.82) is 0 Å². The Hall–Kier alpha value is -1.56. The van der Waals surface area contributed by atoms with Crippen molar-refractivity contribution in [3.8, 4) is 11.8 Å².